The van der Waals surface area contributed by atoms with Crippen LogP contribution in [0.1, 0.15) is 26.7 Å². The molecule has 6 heteroatoms. The van der Waals surface area contributed by atoms with Crippen molar-refractivity contribution < 1.29 is 29.0 Å². The van der Waals surface area contributed by atoms with E-state index in [9.17, 15) is 14.4 Å². The Morgan fingerprint density at radius 3 is 2.25 bits per heavy atom. The van der Waals surface area contributed by atoms with Gasteiger partial charge in [0.1, 0.15) is 0 Å². The molecule has 0 aromatic rings. The van der Waals surface area contributed by atoms with E-state index in [1.165, 1.54) is 21.0 Å². The van der Waals surface area contributed by atoms with E-state index in [1.807, 2.05) is 0 Å². The van der Waals surface area contributed by atoms with Crippen molar-refractivity contribution in [3.05, 3.63) is 0 Å². The van der Waals surface area contributed by atoms with E-state index >= 15 is 0 Å². The van der Waals surface area contributed by atoms with Crippen molar-refractivity contribution >= 4 is 17.7 Å². The van der Waals surface area contributed by atoms with Gasteiger partial charge >= 0.3 is 11.9 Å². The standard InChI is InChI=1S/C10H16O6/c1-6(11)8(4-5-9(12)13)16-10(14)7(2)15-3/h7-8H,4-5H2,1-3H3,(H,12,13). The number of carbonyl (C=O) groups excluding carboxylic acids is 2. The zero-order chi connectivity index (χ0) is 12.7. The zero-order valence-corrected chi connectivity index (χ0v) is 9.56. The largest absolute Gasteiger partial charge is 0.481 e. The molecule has 0 radical (unpaired) electrons. The van der Waals surface area contributed by atoms with Crippen LogP contribution in [0.25, 0.3) is 0 Å². The van der Waals surface area contributed by atoms with E-state index < -0.39 is 24.1 Å². The average Bonchev–Trinajstić information content (AvgIpc) is 2.21. The highest BCUT2D eigenvalue weighted by atomic mass is 16.6. The van der Waals surface area contributed by atoms with Gasteiger partial charge in [0.25, 0.3) is 0 Å². The van der Waals surface area contributed by atoms with E-state index in [0.29, 0.717) is 0 Å². The summed E-state index contributed by atoms with van der Waals surface area (Å²) in [5, 5.41) is 8.46. The Morgan fingerprint density at radius 2 is 1.88 bits per heavy atom. The number of Topliss-reactive ketones (excluding diaryl/α,β-unsaturated/α-hetero) is 1. The Morgan fingerprint density at radius 1 is 1.31 bits per heavy atom. The molecule has 0 amide bonds. The number of aliphatic carboxylic acids is 1. The van der Waals surface area contributed by atoms with Gasteiger partial charge in [-0.15, -0.1) is 0 Å². The van der Waals surface area contributed by atoms with Crippen LogP contribution in [0.15, 0.2) is 0 Å². The number of rotatable bonds is 7. The van der Waals surface area contributed by atoms with Gasteiger partial charge in [-0.2, -0.15) is 0 Å². The van der Waals surface area contributed by atoms with Gasteiger partial charge in [-0.1, -0.05) is 0 Å². The Kier molecular flexibility index (Phi) is 6.32. The summed E-state index contributed by atoms with van der Waals surface area (Å²) in [6.07, 6.45) is -2.03. The molecule has 0 aliphatic heterocycles. The summed E-state index contributed by atoms with van der Waals surface area (Å²) in [5.74, 6) is -2.09. The smallest absolute Gasteiger partial charge is 0.335 e. The number of ketones is 1. The fraction of sp³-hybridized carbons (Fsp3) is 0.700. The van der Waals surface area contributed by atoms with Gasteiger partial charge in [-0.05, 0) is 13.8 Å². The summed E-state index contributed by atoms with van der Waals surface area (Å²) >= 11 is 0. The number of ether oxygens (including phenoxy) is 2. The van der Waals surface area contributed by atoms with E-state index in [0.717, 1.165) is 0 Å². The van der Waals surface area contributed by atoms with Crippen LogP contribution in [0.2, 0.25) is 0 Å². The first-order chi connectivity index (χ1) is 7.38. The van der Waals surface area contributed by atoms with Gasteiger partial charge in [0.15, 0.2) is 18.0 Å². The molecule has 6 nitrogen and oxygen atoms in total. The normalized spacial score (nSPS) is 13.9. The van der Waals surface area contributed by atoms with Crippen LogP contribution in [0, 0.1) is 0 Å². The Bertz CT molecular complexity index is 272. The molecule has 0 spiro atoms. The molecule has 0 bridgehead atoms. The highest BCUT2D eigenvalue weighted by Crippen LogP contribution is 2.06. The first-order valence-corrected chi connectivity index (χ1v) is 4.84. The fourth-order valence-corrected chi connectivity index (χ4v) is 0.932. The van der Waals surface area contributed by atoms with Crippen molar-refractivity contribution in [3.8, 4) is 0 Å². The number of carboxylic acids is 1. The monoisotopic (exact) mass is 232 g/mol. The number of methoxy groups -OCH3 is 1. The molecular formula is C10H16O6. The third kappa shape index (κ3) is 5.45. The number of esters is 1. The quantitative estimate of drug-likeness (QED) is 0.638. The molecule has 16 heavy (non-hydrogen) atoms. The third-order valence-electron chi connectivity index (χ3n) is 2.02. The molecule has 92 valence electrons. The topological polar surface area (TPSA) is 89.9 Å². The second kappa shape index (κ2) is 6.95. The Balaban J connectivity index is 4.28. The lowest BCUT2D eigenvalue weighted by Crippen LogP contribution is -2.31. The molecule has 0 aromatic heterocycles. The van der Waals surface area contributed by atoms with Gasteiger partial charge in [0, 0.05) is 20.0 Å². The predicted molar refractivity (Wildman–Crippen MR) is 53.9 cm³/mol. The second-order valence-electron chi connectivity index (χ2n) is 3.35. The molecular weight excluding hydrogens is 216 g/mol. The first-order valence-electron chi connectivity index (χ1n) is 4.84. The minimum atomic E-state index is -1.04. The number of carboxylic acid groups (broad SMARTS) is 1. The highest BCUT2D eigenvalue weighted by molar-refractivity contribution is 5.85. The molecule has 0 aliphatic rings. The van der Waals surface area contributed by atoms with Crippen LogP contribution < -0.4 is 0 Å². The molecule has 2 atom stereocenters. The van der Waals surface area contributed by atoms with Gasteiger partial charge in [0.2, 0.25) is 0 Å². The van der Waals surface area contributed by atoms with Crippen molar-refractivity contribution in [1.82, 2.24) is 0 Å². The maximum Gasteiger partial charge on any atom is 0.335 e. The summed E-state index contributed by atoms with van der Waals surface area (Å²) in [5.41, 5.74) is 0. The van der Waals surface area contributed by atoms with Gasteiger partial charge in [-0.3, -0.25) is 9.59 Å². The molecule has 0 saturated carbocycles. The maximum absolute atomic E-state index is 11.3. The van der Waals surface area contributed by atoms with E-state index in [1.54, 1.807) is 0 Å². The molecule has 2 unspecified atom stereocenters. The molecule has 0 aliphatic carbocycles. The Hall–Kier alpha value is -1.43. The minimum Gasteiger partial charge on any atom is -0.481 e. The minimum absolute atomic E-state index is 0.0210. The molecule has 0 heterocycles. The van der Waals surface area contributed by atoms with E-state index in [-0.39, 0.29) is 18.6 Å². The number of hydrogen-bond acceptors (Lipinski definition) is 5. The lowest BCUT2D eigenvalue weighted by Gasteiger charge is -2.16. The SMILES string of the molecule is COC(C)C(=O)OC(CCC(=O)O)C(C)=O. The highest BCUT2D eigenvalue weighted by Gasteiger charge is 2.23. The third-order valence-corrected chi connectivity index (χ3v) is 2.02. The van der Waals surface area contributed by atoms with Gasteiger partial charge < -0.3 is 14.6 Å². The van der Waals surface area contributed by atoms with Crippen molar-refractivity contribution in [2.75, 3.05) is 7.11 Å². The molecule has 0 aromatic carbocycles. The number of hydrogen-bond donors (Lipinski definition) is 1. The van der Waals surface area contributed by atoms with Crippen LogP contribution >= 0.6 is 0 Å². The summed E-state index contributed by atoms with van der Waals surface area (Å²) in [6, 6.07) is 0. The van der Waals surface area contributed by atoms with Crippen molar-refractivity contribution in [2.45, 2.75) is 38.9 Å². The van der Waals surface area contributed by atoms with Crippen LogP contribution in [0.3, 0.4) is 0 Å². The fourth-order valence-electron chi connectivity index (χ4n) is 0.932. The van der Waals surface area contributed by atoms with Crippen molar-refractivity contribution in [3.63, 3.8) is 0 Å². The van der Waals surface area contributed by atoms with Crippen LogP contribution in [0.4, 0.5) is 0 Å². The van der Waals surface area contributed by atoms with E-state index in [2.05, 4.69) is 0 Å². The maximum atomic E-state index is 11.3. The summed E-state index contributed by atoms with van der Waals surface area (Å²) < 4.78 is 9.55. The summed E-state index contributed by atoms with van der Waals surface area (Å²) in [6.45, 7) is 2.73. The molecule has 0 saturated heterocycles. The van der Waals surface area contributed by atoms with Crippen molar-refractivity contribution in [2.24, 2.45) is 0 Å². The van der Waals surface area contributed by atoms with Gasteiger partial charge in [0.05, 0.1) is 0 Å². The number of carbonyl (C=O) groups is 3. The Labute approximate surface area is 93.5 Å². The first kappa shape index (κ1) is 14.6. The van der Waals surface area contributed by atoms with E-state index in [4.69, 9.17) is 14.6 Å². The van der Waals surface area contributed by atoms with Gasteiger partial charge in [-0.25, -0.2) is 4.79 Å². The molecule has 1 N–H and O–H groups in total. The second-order valence-corrected chi connectivity index (χ2v) is 3.35. The van der Waals surface area contributed by atoms with Crippen LogP contribution in [-0.2, 0) is 23.9 Å². The predicted octanol–water partition coefficient (Wildman–Crippen LogP) is 0.387. The average molecular weight is 232 g/mol. The molecule has 0 rings (SSSR count). The zero-order valence-electron chi connectivity index (χ0n) is 9.56. The van der Waals surface area contributed by atoms with Crippen LogP contribution in [-0.4, -0.2) is 42.1 Å². The lowest BCUT2D eigenvalue weighted by atomic mass is 10.1. The summed E-state index contributed by atoms with van der Waals surface area (Å²) in [4.78, 5) is 32.7. The lowest BCUT2D eigenvalue weighted by molar-refractivity contribution is -0.164. The molecule has 0 fully saturated rings. The summed E-state index contributed by atoms with van der Waals surface area (Å²) in [7, 11) is 1.34. The van der Waals surface area contributed by atoms with Crippen molar-refractivity contribution in [1.29, 1.82) is 0 Å². The van der Waals surface area contributed by atoms with Crippen LogP contribution in [0.5, 0.6) is 0 Å².